The van der Waals surface area contributed by atoms with Gasteiger partial charge in [0.1, 0.15) is 5.75 Å². The van der Waals surface area contributed by atoms with E-state index in [4.69, 9.17) is 0 Å². The summed E-state index contributed by atoms with van der Waals surface area (Å²) in [5, 5.41) is 18.5. The number of hydrogen-bond donors (Lipinski definition) is 3. The summed E-state index contributed by atoms with van der Waals surface area (Å²) in [5.74, 6) is -0.537. The molecule has 0 fully saturated rings. The Labute approximate surface area is 162 Å². The Morgan fingerprint density at radius 1 is 0.964 bits per heavy atom. The predicted octanol–water partition coefficient (Wildman–Crippen LogP) is 3.72. The van der Waals surface area contributed by atoms with Gasteiger partial charge >= 0.3 is 0 Å². The van der Waals surface area contributed by atoms with Crippen LogP contribution in [0.2, 0.25) is 0 Å². The number of hydrazone groups is 1. The van der Waals surface area contributed by atoms with Crippen LogP contribution >= 0.6 is 0 Å². The molecule has 0 aliphatic rings. The maximum Gasteiger partial charge on any atom is 0.240 e. The number of hydrogen-bond acceptors (Lipinski definition) is 4. The Bertz CT molecular complexity index is 1040. The van der Waals surface area contributed by atoms with Gasteiger partial charge in [-0.3, -0.25) is 9.59 Å². The standard InChI is InChI=1S/C22H21N3O3/c1-15-6-2-5-9-19(15)24-21(27)12-13-22(28)25-23-14-18-17-8-4-3-7-16(17)10-11-20(18)26/h2-11,14,26H,12-13H2,1H3,(H,24,27)(H,25,28). The molecule has 0 heterocycles. The third kappa shape index (κ3) is 4.73. The molecule has 0 aliphatic heterocycles. The van der Waals surface area contributed by atoms with Crippen LogP contribution in [0.5, 0.6) is 5.75 Å². The highest BCUT2D eigenvalue weighted by Gasteiger charge is 2.08. The van der Waals surface area contributed by atoms with E-state index in [0.29, 0.717) is 5.56 Å². The molecule has 2 amide bonds. The molecule has 0 atom stereocenters. The minimum atomic E-state index is -0.379. The van der Waals surface area contributed by atoms with Crippen LogP contribution in [0.15, 0.2) is 65.8 Å². The van der Waals surface area contributed by atoms with Crippen molar-refractivity contribution in [2.45, 2.75) is 19.8 Å². The molecule has 0 radical (unpaired) electrons. The number of carbonyl (C=O) groups excluding carboxylic acids is 2. The van der Waals surface area contributed by atoms with E-state index in [1.54, 1.807) is 6.07 Å². The highest BCUT2D eigenvalue weighted by Crippen LogP contribution is 2.25. The molecular formula is C22H21N3O3. The molecular weight excluding hydrogens is 354 g/mol. The molecule has 0 saturated carbocycles. The van der Waals surface area contributed by atoms with Crippen molar-refractivity contribution < 1.29 is 14.7 Å². The Kier molecular flexibility index (Phi) is 6.01. The average molecular weight is 375 g/mol. The van der Waals surface area contributed by atoms with Crippen LogP contribution < -0.4 is 10.7 Å². The molecule has 0 spiro atoms. The van der Waals surface area contributed by atoms with Gasteiger partial charge in [0.15, 0.2) is 0 Å². The van der Waals surface area contributed by atoms with Gasteiger partial charge in [-0.05, 0) is 35.4 Å². The van der Waals surface area contributed by atoms with Crippen molar-refractivity contribution in [1.29, 1.82) is 0 Å². The number of nitrogens with one attached hydrogen (secondary N) is 2. The van der Waals surface area contributed by atoms with Crippen molar-refractivity contribution >= 4 is 34.5 Å². The summed E-state index contributed by atoms with van der Waals surface area (Å²) in [7, 11) is 0. The lowest BCUT2D eigenvalue weighted by atomic mass is 10.0. The second kappa shape index (κ2) is 8.81. The number of benzene rings is 3. The molecule has 3 N–H and O–H groups in total. The maximum absolute atomic E-state index is 12.0. The van der Waals surface area contributed by atoms with Crippen LogP contribution in [0.25, 0.3) is 10.8 Å². The van der Waals surface area contributed by atoms with Crippen LogP contribution in [-0.2, 0) is 9.59 Å². The van der Waals surface area contributed by atoms with E-state index in [1.807, 2.05) is 61.5 Å². The summed E-state index contributed by atoms with van der Waals surface area (Å²) in [6.07, 6.45) is 1.47. The SMILES string of the molecule is Cc1ccccc1NC(=O)CCC(=O)NN=Cc1c(O)ccc2ccccc12. The number of fused-ring (bicyclic) bond motifs is 1. The van der Waals surface area contributed by atoms with Crippen LogP contribution in [0.3, 0.4) is 0 Å². The van der Waals surface area contributed by atoms with Crippen LogP contribution in [-0.4, -0.2) is 23.1 Å². The zero-order valence-corrected chi connectivity index (χ0v) is 15.5. The first-order valence-corrected chi connectivity index (χ1v) is 8.92. The van der Waals surface area contributed by atoms with Crippen molar-refractivity contribution in [1.82, 2.24) is 5.43 Å². The number of amides is 2. The molecule has 0 unspecified atom stereocenters. The Morgan fingerprint density at radius 3 is 2.50 bits per heavy atom. The molecule has 3 aromatic carbocycles. The zero-order chi connectivity index (χ0) is 19.9. The van der Waals surface area contributed by atoms with E-state index >= 15 is 0 Å². The molecule has 3 aromatic rings. The van der Waals surface area contributed by atoms with Crippen LogP contribution in [0, 0.1) is 6.92 Å². The van der Waals surface area contributed by atoms with Crippen molar-refractivity contribution in [3.05, 3.63) is 71.8 Å². The van der Waals surface area contributed by atoms with Crippen molar-refractivity contribution in [2.75, 3.05) is 5.32 Å². The number of phenols is 1. The maximum atomic E-state index is 12.0. The van der Waals surface area contributed by atoms with E-state index in [-0.39, 0.29) is 30.4 Å². The summed E-state index contributed by atoms with van der Waals surface area (Å²) in [4.78, 5) is 23.9. The number of rotatable bonds is 6. The molecule has 0 aliphatic carbocycles. The third-order valence-corrected chi connectivity index (χ3v) is 4.33. The smallest absolute Gasteiger partial charge is 0.240 e. The largest absolute Gasteiger partial charge is 0.507 e. The van der Waals surface area contributed by atoms with Crippen LogP contribution in [0.4, 0.5) is 5.69 Å². The molecule has 0 aromatic heterocycles. The van der Waals surface area contributed by atoms with Gasteiger partial charge in [0.05, 0.1) is 6.21 Å². The molecule has 0 saturated heterocycles. The number of carbonyl (C=O) groups is 2. The number of phenolic OH excluding ortho intramolecular Hbond substituents is 1. The fourth-order valence-corrected chi connectivity index (χ4v) is 2.80. The monoisotopic (exact) mass is 375 g/mol. The number of aryl methyl sites for hydroxylation is 1. The van der Waals surface area contributed by atoms with Gasteiger partial charge in [-0.15, -0.1) is 0 Å². The highest BCUT2D eigenvalue weighted by molar-refractivity contribution is 6.02. The normalized spacial score (nSPS) is 10.9. The fraction of sp³-hybridized carbons (Fsp3) is 0.136. The van der Waals surface area contributed by atoms with E-state index < -0.39 is 0 Å². The molecule has 142 valence electrons. The van der Waals surface area contributed by atoms with Crippen molar-refractivity contribution in [2.24, 2.45) is 5.10 Å². The Morgan fingerprint density at radius 2 is 1.68 bits per heavy atom. The Balaban J connectivity index is 1.54. The van der Waals surface area contributed by atoms with Gasteiger partial charge in [-0.1, -0.05) is 48.5 Å². The summed E-state index contributed by atoms with van der Waals surface area (Å²) in [6, 6.07) is 18.4. The lowest BCUT2D eigenvalue weighted by molar-refractivity contribution is -0.124. The van der Waals surface area contributed by atoms with E-state index in [9.17, 15) is 14.7 Å². The summed E-state index contributed by atoms with van der Waals surface area (Å²) < 4.78 is 0. The zero-order valence-electron chi connectivity index (χ0n) is 15.5. The highest BCUT2D eigenvalue weighted by atomic mass is 16.3. The third-order valence-electron chi connectivity index (χ3n) is 4.33. The van der Waals surface area contributed by atoms with Crippen molar-refractivity contribution in [3.8, 4) is 5.75 Å². The van der Waals surface area contributed by atoms with Gasteiger partial charge in [-0.25, -0.2) is 5.43 Å². The van der Waals surface area contributed by atoms with E-state index in [2.05, 4.69) is 15.8 Å². The average Bonchev–Trinajstić information content (AvgIpc) is 2.70. The van der Waals surface area contributed by atoms with Crippen LogP contribution in [0.1, 0.15) is 24.0 Å². The summed E-state index contributed by atoms with van der Waals surface area (Å²) in [6.45, 7) is 1.90. The predicted molar refractivity (Wildman–Crippen MR) is 110 cm³/mol. The number of aromatic hydroxyl groups is 1. The van der Waals surface area contributed by atoms with Gasteiger partial charge in [0.25, 0.3) is 0 Å². The Hall–Kier alpha value is -3.67. The number of nitrogens with zero attached hydrogens (tertiary/aromatic N) is 1. The molecule has 6 nitrogen and oxygen atoms in total. The summed E-state index contributed by atoms with van der Waals surface area (Å²) in [5.41, 5.74) is 4.61. The van der Waals surface area contributed by atoms with Gasteiger partial charge in [0.2, 0.25) is 11.8 Å². The van der Waals surface area contributed by atoms with Gasteiger partial charge < -0.3 is 10.4 Å². The fourth-order valence-electron chi connectivity index (χ4n) is 2.80. The molecule has 3 rings (SSSR count). The second-order valence-corrected chi connectivity index (χ2v) is 6.38. The number of para-hydroxylation sites is 1. The van der Waals surface area contributed by atoms with Gasteiger partial charge in [0, 0.05) is 24.1 Å². The first-order chi connectivity index (χ1) is 13.5. The number of anilines is 1. The molecule has 28 heavy (non-hydrogen) atoms. The topological polar surface area (TPSA) is 90.8 Å². The second-order valence-electron chi connectivity index (χ2n) is 6.38. The van der Waals surface area contributed by atoms with Gasteiger partial charge in [-0.2, -0.15) is 5.10 Å². The lowest BCUT2D eigenvalue weighted by Crippen LogP contribution is -2.20. The first-order valence-electron chi connectivity index (χ1n) is 8.92. The minimum Gasteiger partial charge on any atom is -0.507 e. The lowest BCUT2D eigenvalue weighted by Gasteiger charge is -2.07. The molecule has 0 bridgehead atoms. The van der Waals surface area contributed by atoms with E-state index in [1.165, 1.54) is 6.21 Å². The molecule has 6 heteroatoms. The minimum absolute atomic E-state index is 0.0105. The van der Waals surface area contributed by atoms with Crippen molar-refractivity contribution in [3.63, 3.8) is 0 Å². The first kappa shape index (κ1) is 19.1. The quantitative estimate of drug-likeness (QED) is 0.453. The summed E-state index contributed by atoms with van der Waals surface area (Å²) >= 11 is 0. The van der Waals surface area contributed by atoms with E-state index in [0.717, 1.165) is 22.0 Å².